The van der Waals surface area contributed by atoms with Gasteiger partial charge in [0.25, 0.3) is 5.91 Å². The molecule has 0 saturated heterocycles. The lowest BCUT2D eigenvalue weighted by atomic mass is 10.1. The predicted molar refractivity (Wildman–Crippen MR) is 90.9 cm³/mol. The third-order valence-corrected chi connectivity index (χ3v) is 4.37. The van der Waals surface area contributed by atoms with Crippen LogP contribution in [-0.4, -0.2) is 11.1 Å². The van der Waals surface area contributed by atoms with E-state index in [1.165, 1.54) is 25.1 Å². The van der Waals surface area contributed by atoms with Gasteiger partial charge in [-0.2, -0.15) is 0 Å². The Morgan fingerprint density at radius 3 is 2.00 bits per heavy atom. The first-order chi connectivity index (χ1) is 13.1. The van der Waals surface area contributed by atoms with Gasteiger partial charge in [0.05, 0.1) is 10.0 Å². The van der Waals surface area contributed by atoms with Crippen LogP contribution >= 0.6 is 23.2 Å². The van der Waals surface area contributed by atoms with Crippen LogP contribution in [-0.2, 0) is 0 Å². The van der Waals surface area contributed by atoms with Crippen LogP contribution in [0.1, 0.15) is 16.1 Å². The number of carbonyl (C=O) groups excluding carboxylic acids is 1. The number of rotatable bonds is 3. The van der Waals surface area contributed by atoms with Crippen LogP contribution in [0.15, 0.2) is 22.7 Å². The summed E-state index contributed by atoms with van der Waals surface area (Å²) in [6.07, 6.45) is 0. The average molecular weight is 437 g/mol. The molecule has 2 aromatic carbocycles. The lowest BCUT2D eigenvalue weighted by Gasteiger charge is -2.11. The molecule has 4 nitrogen and oxygen atoms in total. The van der Waals surface area contributed by atoms with Crippen molar-refractivity contribution in [1.29, 1.82) is 0 Å². The lowest BCUT2D eigenvalue weighted by molar-refractivity contribution is 0.102. The minimum absolute atomic E-state index is 0.0882. The number of aryl methyl sites for hydroxylation is 1. The monoisotopic (exact) mass is 436 g/mol. The fourth-order valence-electron chi connectivity index (χ4n) is 2.42. The molecule has 0 aliphatic heterocycles. The Morgan fingerprint density at radius 1 is 0.964 bits per heavy atom. The molecule has 3 rings (SSSR count). The van der Waals surface area contributed by atoms with Gasteiger partial charge in [0.15, 0.2) is 23.3 Å². The first-order valence-electron chi connectivity index (χ1n) is 7.38. The van der Waals surface area contributed by atoms with Crippen molar-refractivity contribution in [2.45, 2.75) is 6.92 Å². The molecule has 0 saturated carbocycles. The van der Waals surface area contributed by atoms with Gasteiger partial charge < -0.3 is 9.84 Å². The fraction of sp³-hybridized carbons (Fsp3) is 0.0588. The summed E-state index contributed by atoms with van der Waals surface area (Å²) < 4.78 is 72.4. The van der Waals surface area contributed by atoms with Crippen LogP contribution in [0, 0.1) is 36.0 Å². The van der Waals surface area contributed by atoms with E-state index >= 15 is 0 Å². The molecule has 0 aliphatic carbocycles. The van der Waals surface area contributed by atoms with Gasteiger partial charge in [0, 0.05) is 5.56 Å². The zero-order chi connectivity index (χ0) is 20.7. The van der Waals surface area contributed by atoms with Crippen molar-refractivity contribution in [3.05, 3.63) is 68.7 Å². The average Bonchev–Trinajstić information content (AvgIpc) is 3.03. The summed E-state index contributed by atoms with van der Waals surface area (Å²) in [5.74, 6) is -12.5. The number of anilines is 1. The summed E-state index contributed by atoms with van der Waals surface area (Å²) in [5, 5.41) is 5.50. The number of benzene rings is 2. The van der Waals surface area contributed by atoms with Crippen LogP contribution in [0.25, 0.3) is 11.3 Å². The minimum Gasteiger partial charge on any atom is -0.360 e. The predicted octanol–water partition coefficient (Wildman–Crippen LogP) is 5.90. The van der Waals surface area contributed by atoms with E-state index in [0.717, 1.165) is 0 Å². The molecule has 11 heteroatoms. The van der Waals surface area contributed by atoms with Gasteiger partial charge in [0.2, 0.25) is 5.82 Å². The molecule has 1 heterocycles. The van der Waals surface area contributed by atoms with E-state index in [-0.39, 0.29) is 32.6 Å². The number of halogens is 7. The maximum Gasteiger partial charge on any atom is 0.261 e. The highest BCUT2D eigenvalue weighted by atomic mass is 35.5. The second-order valence-electron chi connectivity index (χ2n) is 5.46. The smallest absolute Gasteiger partial charge is 0.261 e. The van der Waals surface area contributed by atoms with Gasteiger partial charge in [-0.05, 0) is 19.1 Å². The molecule has 1 aromatic heterocycles. The minimum atomic E-state index is -2.35. The molecule has 146 valence electrons. The van der Waals surface area contributed by atoms with Gasteiger partial charge in [-0.15, -0.1) is 0 Å². The van der Waals surface area contributed by atoms with Gasteiger partial charge in [-0.1, -0.05) is 34.4 Å². The van der Waals surface area contributed by atoms with E-state index < -0.39 is 40.7 Å². The summed E-state index contributed by atoms with van der Waals surface area (Å²) in [7, 11) is 0. The van der Waals surface area contributed by atoms with Crippen molar-refractivity contribution in [3.63, 3.8) is 0 Å². The van der Waals surface area contributed by atoms with Crippen LogP contribution in [0.2, 0.25) is 10.0 Å². The third kappa shape index (κ3) is 3.20. The summed E-state index contributed by atoms with van der Waals surface area (Å²) in [5.41, 5.74) is -1.95. The standard InChI is InChI=1S/C17H7Cl2F5N2O2/c1-5-8(15(26-28-5)9-6(18)3-2-4-7(9)19)17(27)25-16-13(23)11(21)10(20)12(22)14(16)24/h2-4H,1H3,(H,25,27). The number of amides is 1. The van der Waals surface area contributed by atoms with E-state index in [2.05, 4.69) is 5.16 Å². The van der Waals surface area contributed by atoms with Crippen LogP contribution in [0.4, 0.5) is 27.6 Å². The normalized spacial score (nSPS) is 11.0. The maximum absolute atomic E-state index is 13.8. The fourth-order valence-corrected chi connectivity index (χ4v) is 3.00. The van der Waals surface area contributed by atoms with Crippen LogP contribution < -0.4 is 5.32 Å². The highest BCUT2D eigenvalue weighted by Gasteiger charge is 2.30. The Bertz CT molecular complexity index is 1070. The molecule has 0 bridgehead atoms. The van der Waals surface area contributed by atoms with Crippen molar-refractivity contribution in [1.82, 2.24) is 5.16 Å². The molecule has 0 radical (unpaired) electrons. The Balaban J connectivity index is 2.11. The first-order valence-corrected chi connectivity index (χ1v) is 8.14. The maximum atomic E-state index is 13.8. The van der Waals surface area contributed by atoms with E-state index in [1.54, 1.807) is 5.32 Å². The lowest BCUT2D eigenvalue weighted by Crippen LogP contribution is -2.18. The van der Waals surface area contributed by atoms with E-state index in [1.807, 2.05) is 0 Å². The van der Waals surface area contributed by atoms with Crippen molar-refractivity contribution < 1.29 is 31.3 Å². The Morgan fingerprint density at radius 2 is 1.46 bits per heavy atom. The van der Waals surface area contributed by atoms with Crippen molar-refractivity contribution in [2.24, 2.45) is 0 Å². The molecule has 0 spiro atoms. The number of hydrogen-bond acceptors (Lipinski definition) is 3. The van der Waals surface area contributed by atoms with Crippen molar-refractivity contribution >= 4 is 34.8 Å². The molecule has 0 fully saturated rings. The highest BCUT2D eigenvalue weighted by Crippen LogP contribution is 2.37. The second kappa shape index (κ2) is 7.40. The van der Waals surface area contributed by atoms with Crippen molar-refractivity contribution in [3.8, 4) is 11.3 Å². The quantitative estimate of drug-likeness (QED) is 0.315. The Hall–Kier alpha value is -2.65. The van der Waals surface area contributed by atoms with E-state index in [9.17, 15) is 26.7 Å². The molecule has 0 atom stereocenters. The molecule has 28 heavy (non-hydrogen) atoms. The number of carbonyl (C=O) groups is 1. The third-order valence-electron chi connectivity index (χ3n) is 3.74. The molecule has 1 N–H and O–H groups in total. The van der Waals surface area contributed by atoms with Crippen molar-refractivity contribution in [2.75, 3.05) is 5.32 Å². The zero-order valence-electron chi connectivity index (χ0n) is 13.6. The molecular weight excluding hydrogens is 430 g/mol. The number of hydrogen-bond donors (Lipinski definition) is 1. The largest absolute Gasteiger partial charge is 0.360 e. The van der Waals surface area contributed by atoms with Gasteiger partial charge >= 0.3 is 0 Å². The summed E-state index contributed by atoms with van der Waals surface area (Å²) in [6.45, 7) is 1.30. The van der Waals surface area contributed by atoms with Crippen LogP contribution in [0.5, 0.6) is 0 Å². The molecule has 0 aliphatic rings. The second-order valence-corrected chi connectivity index (χ2v) is 6.27. The number of aromatic nitrogens is 1. The SMILES string of the molecule is Cc1onc(-c2c(Cl)cccc2Cl)c1C(=O)Nc1c(F)c(F)c(F)c(F)c1F. The highest BCUT2D eigenvalue weighted by molar-refractivity contribution is 6.39. The van der Waals surface area contributed by atoms with Gasteiger partial charge in [-0.25, -0.2) is 22.0 Å². The molecule has 3 aromatic rings. The topological polar surface area (TPSA) is 55.1 Å². The number of nitrogens with zero attached hydrogens (tertiary/aromatic N) is 1. The van der Waals surface area contributed by atoms with E-state index in [4.69, 9.17) is 27.7 Å². The summed E-state index contributed by atoms with van der Waals surface area (Å²) in [4.78, 5) is 12.6. The van der Waals surface area contributed by atoms with Gasteiger partial charge in [-0.3, -0.25) is 4.79 Å². The summed E-state index contributed by atoms with van der Waals surface area (Å²) in [6, 6.07) is 4.41. The number of nitrogens with one attached hydrogen (secondary N) is 1. The first kappa shape index (κ1) is 20.1. The van der Waals surface area contributed by atoms with E-state index in [0.29, 0.717) is 0 Å². The molecule has 1 amide bonds. The van der Waals surface area contributed by atoms with Crippen LogP contribution in [0.3, 0.4) is 0 Å². The molecular formula is C17H7Cl2F5N2O2. The Labute approximate surface area is 163 Å². The van der Waals surface area contributed by atoms with Gasteiger partial charge in [0.1, 0.15) is 22.7 Å². The Kier molecular flexibility index (Phi) is 5.31. The molecule has 0 unspecified atom stereocenters. The summed E-state index contributed by atoms with van der Waals surface area (Å²) >= 11 is 12.1. The zero-order valence-corrected chi connectivity index (χ0v) is 15.2.